The summed E-state index contributed by atoms with van der Waals surface area (Å²) < 4.78 is 27.4. The van der Waals surface area contributed by atoms with E-state index in [0.717, 1.165) is 37.6 Å². The normalized spacial score (nSPS) is 18.4. The molecule has 1 aromatic heterocycles. The minimum Gasteiger partial charge on any atom is -0.353 e. The van der Waals surface area contributed by atoms with E-state index in [0.29, 0.717) is 17.8 Å². The minimum absolute atomic E-state index is 0.0384. The van der Waals surface area contributed by atoms with Gasteiger partial charge in [-0.15, -0.1) is 0 Å². The van der Waals surface area contributed by atoms with Crippen molar-refractivity contribution in [3.8, 4) is 0 Å². The van der Waals surface area contributed by atoms with E-state index in [-0.39, 0.29) is 11.9 Å². The number of amides is 1. The first-order chi connectivity index (χ1) is 12.3. The van der Waals surface area contributed by atoms with Crippen molar-refractivity contribution in [1.29, 1.82) is 0 Å². The highest BCUT2D eigenvalue weighted by Gasteiger charge is 2.29. The predicted octanol–water partition coefficient (Wildman–Crippen LogP) is 3.15. The Labute approximate surface area is 154 Å². The maximum absolute atomic E-state index is 13.2. The van der Waals surface area contributed by atoms with Crippen LogP contribution < -0.4 is 4.72 Å². The minimum atomic E-state index is -3.38. The largest absolute Gasteiger partial charge is 0.353 e. The third kappa shape index (κ3) is 4.27. The van der Waals surface area contributed by atoms with Gasteiger partial charge >= 0.3 is 0 Å². The number of anilines is 1. The van der Waals surface area contributed by atoms with Gasteiger partial charge in [0, 0.05) is 36.7 Å². The fourth-order valence-corrected chi connectivity index (χ4v) is 4.13. The molecule has 1 atom stereocenters. The number of aryl methyl sites for hydroxylation is 1. The monoisotopic (exact) mass is 375 g/mol. The molecular weight excluding hydrogens is 350 g/mol. The fraction of sp³-hybridized carbons (Fsp3) is 0.421. The average Bonchev–Trinajstić information content (AvgIpc) is 2.85. The molecule has 1 unspecified atom stereocenters. The van der Waals surface area contributed by atoms with E-state index < -0.39 is 10.0 Å². The third-order valence-corrected chi connectivity index (χ3v) is 5.36. The van der Waals surface area contributed by atoms with Gasteiger partial charge in [-0.1, -0.05) is 18.9 Å². The predicted molar refractivity (Wildman–Crippen MR) is 103 cm³/mol. The molecule has 140 valence electrons. The Morgan fingerprint density at radius 3 is 2.65 bits per heavy atom. The number of nitrogens with zero attached hydrogens (tertiary/aromatic N) is 2. The fourth-order valence-electron chi connectivity index (χ4n) is 3.58. The summed E-state index contributed by atoms with van der Waals surface area (Å²) >= 11 is 0. The molecule has 0 bridgehead atoms. The quantitative estimate of drug-likeness (QED) is 0.892. The summed E-state index contributed by atoms with van der Waals surface area (Å²) in [5, 5.41) is 0. The van der Waals surface area contributed by atoms with Crippen molar-refractivity contribution in [2.45, 2.75) is 31.7 Å². The average molecular weight is 375 g/mol. The van der Waals surface area contributed by atoms with Crippen molar-refractivity contribution < 1.29 is 13.2 Å². The van der Waals surface area contributed by atoms with Gasteiger partial charge in [-0.3, -0.25) is 9.52 Å². The summed E-state index contributed by atoms with van der Waals surface area (Å²) in [5.74, 6) is -0.0600. The molecular formula is C19H25N3O3S. The molecule has 1 fully saturated rings. The molecule has 1 aliphatic heterocycles. The van der Waals surface area contributed by atoms with E-state index >= 15 is 0 Å². The van der Waals surface area contributed by atoms with Crippen molar-refractivity contribution >= 4 is 21.6 Å². The molecule has 1 aliphatic rings. The second-order valence-electron chi connectivity index (χ2n) is 6.86. The van der Waals surface area contributed by atoms with Crippen LogP contribution in [-0.4, -0.2) is 36.6 Å². The first-order valence-electron chi connectivity index (χ1n) is 8.85. The number of aromatic nitrogens is 1. The highest BCUT2D eigenvalue weighted by Crippen LogP contribution is 2.31. The van der Waals surface area contributed by atoms with Gasteiger partial charge < -0.3 is 9.47 Å². The van der Waals surface area contributed by atoms with Crippen molar-refractivity contribution in [3.63, 3.8) is 0 Å². The molecule has 1 saturated heterocycles. The van der Waals surface area contributed by atoms with Crippen molar-refractivity contribution in [2.24, 2.45) is 7.05 Å². The molecule has 0 spiro atoms. The van der Waals surface area contributed by atoms with Crippen LogP contribution in [0.4, 0.5) is 5.69 Å². The summed E-state index contributed by atoms with van der Waals surface area (Å²) in [6.07, 6.45) is 7.22. The zero-order valence-corrected chi connectivity index (χ0v) is 16.0. The summed E-state index contributed by atoms with van der Waals surface area (Å²) in [6, 6.07) is 10.8. The maximum atomic E-state index is 13.2. The molecule has 1 N–H and O–H groups in total. The van der Waals surface area contributed by atoms with Crippen LogP contribution in [0.25, 0.3) is 0 Å². The highest BCUT2D eigenvalue weighted by molar-refractivity contribution is 7.92. The zero-order valence-electron chi connectivity index (χ0n) is 15.2. The number of hydrogen-bond donors (Lipinski definition) is 1. The third-order valence-electron chi connectivity index (χ3n) is 4.75. The Morgan fingerprint density at radius 1 is 1.15 bits per heavy atom. The lowest BCUT2D eigenvalue weighted by Crippen LogP contribution is -2.35. The van der Waals surface area contributed by atoms with Crippen LogP contribution in [0, 0.1) is 0 Å². The summed E-state index contributed by atoms with van der Waals surface area (Å²) in [7, 11) is -1.38. The zero-order chi connectivity index (χ0) is 18.7. The lowest BCUT2D eigenvalue weighted by molar-refractivity contribution is 0.0674. The number of carbonyl (C=O) groups is 1. The van der Waals surface area contributed by atoms with Crippen LogP contribution in [0.2, 0.25) is 0 Å². The molecule has 7 heteroatoms. The SMILES string of the molecule is Cn1cccc1C1CCCCCN1C(=O)c1cccc(NS(C)(=O)=O)c1. The van der Waals surface area contributed by atoms with E-state index in [9.17, 15) is 13.2 Å². The van der Waals surface area contributed by atoms with Crippen LogP contribution >= 0.6 is 0 Å². The number of sulfonamides is 1. The Balaban J connectivity index is 1.91. The molecule has 0 aliphatic carbocycles. The van der Waals surface area contributed by atoms with Gasteiger partial charge in [0.2, 0.25) is 10.0 Å². The van der Waals surface area contributed by atoms with Crippen molar-refractivity contribution in [2.75, 3.05) is 17.5 Å². The second-order valence-corrected chi connectivity index (χ2v) is 8.61. The summed E-state index contributed by atoms with van der Waals surface area (Å²) in [4.78, 5) is 15.2. The molecule has 0 saturated carbocycles. The molecule has 6 nitrogen and oxygen atoms in total. The van der Waals surface area contributed by atoms with E-state index in [1.165, 1.54) is 0 Å². The lowest BCUT2D eigenvalue weighted by atomic mass is 10.1. The van der Waals surface area contributed by atoms with Gasteiger partial charge in [-0.05, 0) is 43.2 Å². The maximum Gasteiger partial charge on any atom is 0.254 e. The van der Waals surface area contributed by atoms with Gasteiger partial charge in [0.15, 0.2) is 0 Å². The van der Waals surface area contributed by atoms with E-state index in [1.807, 2.05) is 24.2 Å². The van der Waals surface area contributed by atoms with Gasteiger partial charge in [0.1, 0.15) is 0 Å². The van der Waals surface area contributed by atoms with Gasteiger partial charge in [0.05, 0.1) is 12.3 Å². The smallest absolute Gasteiger partial charge is 0.254 e. The van der Waals surface area contributed by atoms with Gasteiger partial charge in [-0.2, -0.15) is 0 Å². The van der Waals surface area contributed by atoms with Gasteiger partial charge in [0.25, 0.3) is 5.91 Å². The standard InChI is InChI=1S/C19H25N3O3S/c1-21-12-7-11-17(21)18-10-4-3-5-13-22(18)19(23)15-8-6-9-16(14-15)20-26(2,24)25/h6-9,11-12,14,18,20H,3-5,10,13H2,1-2H3. The molecule has 26 heavy (non-hydrogen) atoms. The molecule has 1 amide bonds. The number of nitrogens with one attached hydrogen (secondary N) is 1. The number of hydrogen-bond acceptors (Lipinski definition) is 3. The van der Waals surface area contributed by atoms with Crippen LogP contribution in [-0.2, 0) is 17.1 Å². The first-order valence-corrected chi connectivity index (χ1v) is 10.7. The Hall–Kier alpha value is -2.28. The van der Waals surface area contributed by atoms with E-state index in [2.05, 4.69) is 15.4 Å². The summed E-state index contributed by atoms with van der Waals surface area (Å²) in [6.45, 7) is 0.707. The van der Waals surface area contributed by atoms with Crippen LogP contribution in [0.1, 0.15) is 47.8 Å². The van der Waals surface area contributed by atoms with Crippen LogP contribution in [0.5, 0.6) is 0 Å². The Morgan fingerprint density at radius 2 is 1.96 bits per heavy atom. The van der Waals surface area contributed by atoms with Gasteiger partial charge in [-0.25, -0.2) is 8.42 Å². The highest BCUT2D eigenvalue weighted by atomic mass is 32.2. The van der Waals surface area contributed by atoms with Crippen LogP contribution in [0.15, 0.2) is 42.6 Å². The molecule has 2 aromatic rings. The molecule has 2 heterocycles. The Kier molecular flexibility index (Phi) is 5.36. The number of carbonyl (C=O) groups excluding carboxylic acids is 1. The first kappa shape index (κ1) is 18.5. The molecule has 3 rings (SSSR count). The molecule has 0 radical (unpaired) electrons. The van der Waals surface area contributed by atoms with Crippen LogP contribution in [0.3, 0.4) is 0 Å². The topological polar surface area (TPSA) is 71.4 Å². The summed E-state index contributed by atoms with van der Waals surface area (Å²) in [5.41, 5.74) is 2.04. The second kappa shape index (κ2) is 7.53. The number of benzene rings is 1. The number of rotatable bonds is 4. The van der Waals surface area contributed by atoms with Crippen molar-refractivity contribution in [3.05, 3.63) is 53.9 Å². The molecule has 1 aromatic carbocycles. The van der Waals surface area contributed by atoms with E-state index in [1.54, 1.807) is 24.3 Å². The lowest BCUT2D eigenvalue weighted by Gasteiger charge is -2.31. The van der Waals surface area contributed by atoms with Crippen molar-refractivity contribution in [1.82, 2.24) is 9.47 Å². The Bertz CT molecular complexity index is 889. The van der Waals surface area contributed by atoms with E-state index in [4.69, 9.17) is 0 Å². The number of likely N-dealkylation sites (tertiary alicyclic amines) is 1.